The fraction of sp³-hybridized carbons (Fsp3) is 0.909. The number of aliphatic hydroxyl groups excluding tert-OH is 4. The smallest absolute Gasteiger partial charge is 0.187 e. The van der Waals surface area contributed by atoms with Gasteiger partial charge in [0.05, 0.1) is 32.0 Å². The minimum absolute atomic E-state index is 0.0322. The van der Waals surface area contributed by atoms with Crippen molar-refractivity contribution >= 4 is 12.0 Å². The molecule has 3 aliphatic rings. The Morgan fingerprint density at radius 1 is 1.06 bits per heavy atom. The number of carbonyl (C=O) groups excluding carboxylic acids is 1. The minimum Gasteiger partial charge on any atom is -0.394 e. The van der Waals surface area contributed by atoms with Crippen LogP contribution >= 0.6 is 0 Å². The van der Waals surface area contributed by atoms with E-state index in [4.69, 9.17) is 23.7 Å². The summed E-state index contributed by atoms with van der Waals surface area (Å²) in [6, 6.07) is 0. The molecule has 3 saturated heterocycles. The first-order valence-corrected chi connectivity index (χ1v) is 11.6. The van der Waals surface area contributed by atoms with Gasteiger partial charge in [-0.3, -0.25) is 4.99 Å². The highest BCUT2D eigenvalue weighted by Gasteiger charge is 2.56. The summed E-state index contributed by atoms with van der Waals surface area (Å²) >= 11 is 0. The number of aldehydes is 1. The van der Waals surface area contributed by atoms with E-state index in [1.165, 1.54) is 0 Å². The molecule has 3 heterocycles. The van der Waals surface area contributed by atoms with E-state index in [0.717, 1.165) is 18.4 Å². The topological polar surface area (TPSA) is 156 Å². The van der Waals surface area contributed by atoms with Crippen LogP contribution in [0.4, 0.5) is 0 Å². The third-order valence-electron chi connectivity index (χ3n) is 6.82. The Morgan fingerprint density at radius 3 is 2.39 bits per heavy atom. The summed E-state index contributed by atoms with van der Waals surface area (Å²) < 4.78 is 29.0. The molecule has 11 heteroatoms. The van der Waals surface area contributed by atoms with Crippen LogP contribution in [0.5, 0.6) is 0 Å². The zero-order chi connectivity index (χ0) is 24.3. The van der Waals surface area contributed by atoms with Gasteiger partial charge in [0, 0.05) is 17.5 Å². The molecular formula is C22H37NO10. The largest absolute Gasteiger partial charge is 0.394 e. The van der Waals surface area contributed by atoms with Crippen LogP contribution in [0.25, 0.3) is 0 Å². The van der Waals surface area contributed by atoms with Crippen molar-refractivity contribution < 1.29 is 48.9 Å². The number of aliphatic hydroxyl groups is 4. The number of carbonyl (C=O) groups is 1. The zero-order valence-corrected chi connectivity index (χ0v) is 19.5. The molecule has 190 valence electrons. The maximum absolute atomic E-state index is 10.8. The van der Waals surface area contributed by atoms with Crippen molar-refractivity contribution in [3.05, 3.63) is 0 Å². The first-order valence-electron chi connectivity index (χ1n) is 11.6. The Bertz CT molecular complexity index is 676. The van der Waals surface area contributed by atoms with Gasteiger partial charge in [-0.2, -0.15) is 0 Å². The van der Waals surface area contributed by atoms with Crippen LogP contribution in [0, 0.1) is 11.8 Å². The van der Waals surface area contributed by atoms with Crippen molar-refractivity contribution in [3.8, 4) is 0 Å². The molecule has 3 aliphatic heterocycles. The Hall–Kier alpha value is -1.02. The molecule has 0 amide bonds. The minimum atomic E-state index is -1.37. The van der Waals surface area contributed by atoms with Crippen molar-refractivity contribution in [1.29, 1.82) is 0 Å². The molecule has 11 nitrogen and oxygen atoms in total. The van der Waals surface area contributed by atoms with Crippen molar-refractivity contribution in [2.75, 3.05) is 19.8 Å². The summed E-state index contributed by atoms with van der Waals surface area (Å²) in [5.41, 5.74) is 0.790. The van der Waals surface area contributed by atoms with E-state index < -0.39 is 67.8 Å². The van der Waals surface area contributed by atoms with Crippen molar-refractivity contribution in [2.24, 2.45) is 16.8 Å². The second-order valence-corrected chi connectivity index (χ2v) is 9.02. The lowest BCUT2D eigenvalue weighted by Gasteiger charge is -2.53. The molecule has 0 aliphatic carbocycles. The molecule has 3 fully saturated rings. The summed E-state index contributed by atoms with van der Waals surface area (Å²) in [6.45, 7) is 7.28. The van der Waals surface area contributed by atoms with E-state index in [9.17, 15) is 25.2 Å². The van der Waals surface area contributed by atoms with Crippen LogP contribution in [-0.4, -0.2) is 114 Å². The van der Waals surface area contributed by atoms with Gasteiger partial charge in [-0.1, -0.05) is 13.8 Å². The quantitative estimate of drug-likeness (QED) is 0.229. The van der Waals surface area contributed by atoms with Gasteiger partial charge < -0.3 is 48.9 Å². The van der Waals surface area contributed by atoms with E-state index in [-0.39, 0.29) is 25.2 Å². The van der Waals surface area contributed by atoms with Gasteiger partial charge in [0.25, 0.3) is 0 Å². The maximum Gasteiger partial charge on any atom is 0.187 e. The lowest BCUT2D eigenvalue weighted by Crippen LogP contribution is -2.70. The molecule has 0 spiro atoms. The second-order valence-electron chi connectivity index (χ2n) is 9.02. The summed E-state index contributed by atoms with van der Waals surface area (Å²) in [5, 5.41) is 41.3. The number of aliphatic imine (C=N–C) groups is 1. The highest BCUT2D eigenvalue weighted by molar-refractivity contribution is 5.85. The Balaban J connectivity index is 1.67. The average molecular weight is 476 g/mol. The number of hydrogen-bond acceptors (Lipinski definition) is 11. The Labute approximate surface area is 193 Å². The molecule has 0 bridgehead atoms. The first-order chi connectivity index (χ1) is 15.7. The van der Waals surface area contributed by atoms with Crippen molar-refractivity contribution in [1.82, 2.24) is 0 Å². The Kier molecular flexibility index (Phi) is 9.35. The molecule has 0 aromatic carbocycles. The van der Waals surface area contributed by atoms with Crippen molar-refractivity contribution in [3.63, 3.8) is 0 Å². The van der Waals surface area contributed by atoms with Crippen LogP contribution in [0.15, 0.2) is 4.99 Å². The normalized spacial score (nSPS) is 44.6. The molecule has 3 rings (SSSR count). The van der Waals surface area contributed by atoms with Crippen LogP contribution in [0.3, 0.4) is 0 Å². The van der Waals surface area contributed by atoms with E-state index in [0.29, 0.717) is 0 Å². The standard InChI is InChI=1S/C22H37NO10/c1-5-13(11(3)23-6-7-24)9-29-21-10(2)18(15(26)14(8-25)31-21)32-22-17(28)16(27)20-19(33-22)12(4)30-20/h7,10,12-22,25-28H,5-6,8-9H2,1-4H3. The van der Waals surface area contributed by atoms with Crippen LogP contribution in [0.1, 0.15) is 34.1 Å². The van der Waals surface area contributed by atoms with Gasteiger partial charge in [0.1, 0.15) is 42.9 Å². The fourth-order valence-electron chi connectivity index (χ4n) is 4.56. The highest BCUT2D eigenvalue weighted by atomic mass is 16.7. The van der Waals surface area contributed by atoms with Gasteiger partial charge in [0.2, 0.25) is 0 Å². The second kappa shape index (κ2) is 11.6. The predicted molar refractivity (Wildman–Crippen MR) is 115 cm³/mol. The maximum atomic E-state index is 10.8. The van der Waals surface area contributed by atoms with Gasteiger partial charge in [-0.15, -0.1) is 0 Å². The van der Waals surface area contributed by atoms with Gasteiger partial charge in [-0.25, -0.2) is 0 Å². The molecule has 0 aromatic rings. The SMILES string of the molecule is CCC(COC1OC(CO)C(O)C(OC2OC3C(C)OC3C(O)C2O)C1C)C(C)=NCC=O. The van der Waals surface area contributed by atoms with E-state index in [1.54, 1.807) is 13.8 Å². The molecular weight excluding hydrogens is 438 g/mol. The van der Waals surface area contributed by atoms with Gasteiger partial charge in [0.15, 0.2) is 12.6 Å². The molecule has 0 aromatic heterocycles. The summed E-state index contributed by atoms with van der Waals surface area (Å²) in [7, 11) is 0. The molecule has 4 N–H and O–H groups in total. The van der Waals surface area contributed by atoms with Gasteiger partial charge >= 0.3 is 0 Å². The summed E-state index contributed by atoms with van der Waals surface area (Å²) in [5.74, 6) is -0.525. The first kappa shape index (κ1) is 26.6. The van der Waals surface area contributed by atoms with Crippen molar-refractivity contribution in [2.45, 2.75) is 95.5 Å². The van der Waals surface area contributed by atoms with Gasteiger partial charge in [-0.05, 0) is 20.3 Å². The summed E-state index contributed by atoms with van der Waals surface area (Å²) in [6.07, 6.45) is -7.45. The molecule has 33 heavy (non-hydrogen) atoms. The number of rotatable bonds is 10. The monoisotopic (exact) mass is 475 g/mol. The number of fused-ring (bicyclic) bond motifs is 1. The average Bonchev–Trinajstić information content (AvgIpc) is 2.80. The number of ether oxygens (including phenoxy) is 5. The predicted octanol–water partition coefficient (Wildman–Crippen LogP) is -0.978. The Morgan fingerprint density at radius 2 is 1.79 bits per heavy atom. The molecule has 12 unspecified atom stereocenters. The number of hydrogen-bond donors (Lipinski definition) is 4. The lowest BCUT2D eigenvalue weighted by atomic mass is 9.89. The summed E-state index contributed by atoms with van der Waals surface area (Å²) in [4.78, 5) is 14.8. The molecule has 0 radical (unpaired) electrons. The van der Waals surface area contributed by atoms with Crippen LogP contribution in [-0.2, 0) is 28.5 Å². The highest BCUT2D eigenvalue weighted by Crippen LogP contribution is 2.38. The molecule has 0 saturated carbocycles. The van der Waals surface area contributed by atoms with E-state index in [2.05, 4.69) is 4.99 Å². The lowest BCUT2D eigenvalue weighted by molar-refractivity contribution is -0.392. The van der Waals surface area contributed by atoms with Crippen LogP contribution in [0.2, 0.25) is 0 Å². The number of nitrogens with zero attached hydrogens (tertiary/aromatic N) is 1. The van der Waals surface area contributed by atoms with E-state index in [1.807, 2.05) is 13.8 Å². The third kappa shape index (κ3) is 5.63. The fourth-order valence-corrected chi connectivity index (χ4v) is 4.56. The third-order valence-corrected chi connectivity index (χ3v) is 6.82. The molecule has 12 atom stereocenters. The van der Waals surface area contributed by atoms with E-state index >= 15 is 0 Å². The zero-order valence-electron chi connectivity index (χ0n) is 19.5. The van der Waals surface area contributed by atoms with Crippen LogP contribution < -0.4 is 0 Å².